The summed E-state index contributed by atoms with van der Waals surface area (Å²) >= 11 is 0. The summed E-state index contributed by atoms with van der Waals surface area (Å²) in [7, 11) is 2.84. The average molecular weight is 577 g/mol. The Morgan fingerprint density at radius 2 is 0.875 bits per heavy atom. The Labute approximate surface area is 239 Å². The maximum atomic E-state index is 13.0. The Morgan fingerprint density at radius 3 is 1.10 bits per heavy atom. The molecule has 0 aliphatic heterocycles. The third-order valence-corrected chi connectivity index (χ3v) is 6.20. The van der Waals surface area contributed by atoms with Crippen molar-refractivity contribution in [2.45, 2.75) is 117 Å². The standard InChI is InChI=1S/C28H52N2O10/c1-13-27(9,29(19-35-11)23(33)39-25(3,4)5)21(31)37-17-15-16-18-38-22(32)28(10,14-2)30(20-36-12)24(34)40-26(6,7)8/h13-20H2,1-12H3/t27-,28-/m0/s1. The van der Waals surface area contributed by atoms with Gasteiger partial charge in [-0.25, -0.2) is 19.2 Å². The Hall–Kier alpha value is -2.60. The number of unbranched alkanes of at least 4 members (excludes halogenated alkanes) is 1. The van der Waals surface area contributed by atoms with E-state index in [1.807, 2.05) is 0 Å². The molecule has 0 aromatic heterocycles. The fourth-order valence-electron chi connectivity index (χ4n) is 3.42. The molecule has 0 spiro atoms. The number of hydrogen-bond acceptors (Lipinski definition) is 10. The van der Waals surface area contributed by atoms with E-state index in [9.17, 15) is 19.2 Å². The molecule has 0 aliphatic rings. The number of rotatable bonds is 15. The Morgan fingerprint density at radius 1 is 0.575 bits per heavy atom. The second-order valence-corrected chi connectivity index (χ2v) is 11.9. The predicted molar refractivity (Wildman–Crippen MR) is 148 cm³/mol. The van der Waals surface area contributed by atoms with Crippen LogP contribution in [0.5, 0.6) is 0 Å². The largest absolute Gasteiger partial charge is 0.464 e. The van der Waals surface area contributed by atoms with E-state index in [2.05, 4.69) is 0 Å². The van der Waals surface area contributed by atoms with E-state index in [0.717, 1.165) is 0 Å². The summed E-state index contributed by atoms with van der Waals surface area (Å²) < 4.78 is 32.2. The van der Waals surface area contributed by atoms with Gasteiger partial charge in [0, 0.05) is 14.2 Å². The average Bonchev–Trinajstić information content (AvgIpc) is 2.84. The molecule has 0 aromatic rings. The van der Waals surface area contributed by atoms with Crippen LogP contribution in [-0.4, -0.2) is 97.1 Å². The van der Waals surface area contributed by atoms with Gasteiger partial charge in [-0.15, -0.1) is 0 Å². The van der Waals surface area contributed by atoms with Gasteiger partial charge in [0.25, 0.3) is 0 Å². The summed E-state index contributed by atoms with van der Waals surface area (Å²) in [5, 5.41) is 0. The summed E-state index contributed by atoms with van der Waals surface area (Å²) in [5.74, 6) is -1.19. The molecule has 0 fully saturated rings. The minimum atomic E-state index is -1.31. The monoisotopic (exact) mass is 576 g/mol. The number of nitrogens with zero attached hydrogens (tertiary/aromatic N) is 2. The second-order valence-electron chi connectivity index (χ2n) is 11.9. The lowest BCUT2D eigenvalue weighted by Gasteiger charge is -2.38. The lowest BCUT2D eigenvalue weighted by atomic mass is 9.97. The first-order chi connectivity index (χ1) is 18.3. The van der Waals surface area contributed by atoms with Gasteiger partial charge in [0.2, 0.25) is 0 Å². The normalized spacial score (nSPS) is 14.8. The first-order valence-electron chi connectivity index (χ1n) is 13.7. The summed E-state index contributed by atoms with van der Waals surface area (Å²) in [6, 6.07) is 0. The number of ether oxygens (including phenoxy) is 6. The van der Waals surface area contributed by atoms with Crippen LogP contribution in [-0.2, 0) is 38.0 Å². The molecule has 0 aliphatic carbocycles. The zero-order valence-electron chi connectivity index (χ0n) is 26.6. The van der Waals surface area contributed by atoms with Crippen molar-refractivity contribution in [2.75, 3.05) is 40.9 Å². The van der Waals surface area contributed by atoms with E-state index in [0.29, 0.717) is 12.8 Å². The fourth-order valence-corrected chi connectivity index (χ4v) is 3.42. The van der Waals surface area contributed by atoms with Crippen molar-refractivity contribution in [1.82, 2.24) is 9.80 Å². The molecule has 40 heavy (non-hydrogen) atoms. The van der Waals surface area contributed by atoms with E-state index < -0.39 is 46.4 Å². The summed E-state index contributed by atoms with van der Waals surface area (Å²) in [5.41, 5.74) is -4.11. The lowest BCUT2D eigenvalue weighted by molar-refractivity contribution is -0.162. The molecule has 0 N–H and O–H groups in total. The molecule has 12 nitrogen and oxygen atoms in total. The van der Waals surface area contributed by atoms with Crippen molar-refractivity contribution < 1.29 is 47.6 Å². The highest BCUT2D eigenvalue weighted by molar-refractivity contribution is 5.86. The molecule has 0 aromatic carbocycles. The van der Waals surface area contributed by atoms with Crippen LogP contribution in [0.25, 0.3) is 0 Å². The molecule has 0 radical (unpaired) electrons. The van der Waals surface area contributed by atoms with Crippen molar-refractivity contribution in [3.63, 3.8) is 0 Å². The smallest absolute Gasteiger partial charge is 0.413 e. The number of carbonyl (C=O) groups excluding carboxylic acids is 4. The second kappa shape index (κ2) is 16.0. The van der Waals surface area contributed by atoms with Gasteiger partial charge in [-0.1, -0.05) is 13.8 Å². The molecule has 0 saturated heterocycles. The predicted octanol–water partition coefficient (Wildman–Crippen LogP) is 4.87. The van der Waals surface area contributed by atoms with Crippen LogP contribution in [0.4, 0.5) is 9.59 Å². The van der Waals surface area contributed by atoms with E-state index in [4.69, 9.17) is 28.4 Å². The topological polar surface area (TPSA) is 130 Å². The quantitative estimate of drug-likeness (QED) is 0.115. The number of hydrogen-bond donors (Lipinski definition) is 0. The number of carbonyl (C=O) groups is 4. The minimum absolute atomic E-state index is 0.0554. The van der Waals surface area contributed by atoms with E-state index in [-0.39, 0.29) is 39.5 Å². The van der Waals surface area contributed by atoms with Gasteiger partial charge >= 0.3 is 24.1 Å². The van der Waals surface area contributed by atoms with Gasteiger partial charge in [-0.2, -0.15) is 0 Å². The Balaban J connectivity index is 5.11. The summed E-state index contributed by atoms with van der Waals surface area (Å²) in [6.45, 7) is 17.0. The molecule has 0 heterocycles. The van der Waals surface area contributed by atoms with E-state index >= 15 is 0 Å². The molecule has 234 valence electrons. The lowest BCUT2D eigenvalue weighted by Crippen LogP contribution is -2.57. The van der Waals surface area contributed by atoms with Gasteiger partial charge < -0.3 is 28.4 Å². The first kappa shape index (κ1) is 37.4. The first-order valence-corrected chi connectivity index (χ1v) is 13.7. The van der Waals surface area contributed by atoms with Gasteiger partial charge in [0.1, 0.15) is 35.7 Å². The Kier molecular flexibility index (Phi) is 15.0. The molecule has 0 unspecified atom stereocenters. The van der Waals surface area contributed by atoms with Crippen molar-refractivity contribution in [2.24, 2.45) is 0 Å². The molecular formula is C28H52N2O10. The maximum Gasteiger partial charge on any atom is 0.413 e. The molecule has 12 heteroatoms. The molecule has 2 atom stereocenters. The van der Waals surface area contributed by atoms with Crippen molar-refractivity contribution in [3.8, 4) is 0 Å². The highest BCUT2D eigenvalue weighted by Gasteiger charge is 2.45. The third kappa shape index (κ3) is 11.5. The number of methoxy groups -OCH3 is 2. The highest BCUT2D eigenvalue weighted by atomic mass is 16.6. The van der Waals surface area contributed by atoms with Crippen molar-refractivity contribution in [3.05, 3.63) is 0 Å². The summed E-state index contributed by atoms with van der Waals surface area (Å²) in [6.07, 6.45) is -0.00153. The zero-order valence-corrected chi connectivity index (χ0v) is 26.6. The molecule has 0 saturated carbocycles. The SMILES string of the molecule is CC[C@@](C)(C(=O)OCCCCOC(=O)[C@](C)(CC)N(COC)C(=O)OC(C)(C)C)N(COC)C(=O)OC(C)(C)C. The van der Waals surface area contributed by atoms with Gasteiger partial charge in [-0.3, -0.25) is 9.80 Å². The minimum Gasteiger partial charge on any atom is -0.464 e. The maximum absolute atomic E-state index is 13.0. The highest BCUT2D eigenvalue weighted by Crippen LogP contribution is 2.26. The van der Waals surface area contributed by atoms with Crippen LogP contribution < -0.4 is 0 Å². The van der Waals surface area contributed by atoms with Crippen LogP contribution in [0.1, 0.15) is 94.9 Å². The van der Waals surface area contributed by atoms with Crippen molar-refractivity contribution >= 4 is 24.1 Å². The third-order valence-electron chi connectivity index (χ3n) is 6.20. The Bertz CT molecular complexity index is 768. The van der Waals surface area contributed by atoms with Crippen LogP contribution >= 0.6 is 0 Å². The molecule has 0 rings (SSSR count). The number of amides is 2. The van der Waals surface area contributed by atoms with Gasteiger partial charge in [0.15, 0.2) is 0 Å². The van der Waals surface area contributed by atoms with Gasteiger partial charge in [-0.05, 0) is 81.1 Å². The van der Waals surface area contributed by atoms with Crippen LogP contribution in [0.15, 0.2) is 0 Å². The van der Waals surface area contributed by atoms with E-state index in [1.165, 1.54) is 24.0 Å². The zero-order chi connectivity index (χ0) is 31.4. The molecular weight excluding hydrogens is 524 g/mol. The van der Waals surface area contributed by atoms with Crippen LogP contribution in [0.2, 0.25) is 0 Å². The van der Waals surface area contributed by atoms with Crippen LogP contribution in [0.3, 0.4) is 0 Å². The van der Waals surface area contributed by atoms with E-state index in [1.54, 1.807) is 69.2 Å². The van der Waals surface area contributed by atoms with Crippen molar-refractivity contribution in [1.29, 1.82) is 0 Å². The molecule has 0 bridgehead atoms. The van der Waals surface area contributed by atoms with Crippen LogP contribution in [0, 0.1) is 0 Å². The van der Waals surface area contributed by atoms with Gasteiger partial charge in [0.05, 0.1) is 13.2 Å². The molecule has 2 amide bonds. The number of esters is 2. The summed E-state index contributed by atoms with van der Waals surface area (Å²) in [4.78, 5) is 54.0. The fraction of sp³-hybridized carbons (Fsp3) is 0.857.